The van der Waals surface area contributed by atoms with Crippen LogP contribution in [0, 0.1) is 22.7 Å². The highest BCUT2D eigenvalue weighted by molar-refractivity contribution is 5.93. The Kier molecular flexibility index (Phi) is 2.00. The lowest BCUT2D eigenvalue weighted by Gasteiger charge is -2.03. The summed E-state index contributed by atoms with van der Waals surface area (Å²) in [7, 11) is 0. The number of rotatable bonds is 0. The van der Waals surface area contributed by atoms with Gasteiger partial charge in [-0.15, -0.1) is 0 Å². The van der Waals surface area contributed by atoms with E-state index in [9.17, 15) is 5.11 Å². The van der Waals surface area contributed by atoms with Crippen molar-refractivity contribution in [2.75, 3.05) is 0 Å². The molecule has 3 nitrogen and oxygen atoms in total. The lowest BCUT2D eigenvalue weighted by molar-refractivity contribution is 0.481. The van der Waals surface area contributed by atoms with Crippen molar-refractivity contribution >= 4 is 10.8 Å². The Morgan fingerprint density at radius 2 is 1.73 bits per heavy atom. The number of nitriles is 2. The Hall–Kier alpha value is -2.52. The smallest absolute Gasteiger partial charge is 0.123 e. The van der Waals surface area contributed by atoms with Gasteiger partial charge in [-0.05, 0) is 18.2 Å². The number of fused-ring (bicyclic) bond motifs is 1. The fourth-order valence-electron chi connectivity index (χ4n) is 1.55. The number of hydrogen-bond donors (Lipinski definition) is 1. The van der Waals surface area contributed by atoms with Gasteiger partial charge in [0, 0.05) is 10.8 Å². The van der Waals surface area contributed by atoms with Crippen LogP contribution in [0.15, 0.2) is 30.3 Å². The van der Waals surface area contributed by atoms with Gasteiger partial charge in [0.05, 0.1) is 11.1 Å². The van der Waals surface area contributed by atoms with Crippen molar-refractivity contribution in [3.05, 3.63) is 41.5 Å². The lowest BCUT2D eigenvalue weighted by atomic mass is 10.00. The van der Waals surface area contributed by atoms with Gasteiger partial charge in [0.15, 0.2) is 0 Å². The number of nitrogens with zero attached hydrogens (tertiary/aromatic N) is 2. The Morgan fingerprint density at radius 1 is 0.933 bits per heavy atom. The zero-order chi connectivity index (χ0) is 10.8. The second-order valence-corrected chi connectivity index (χ2v) is 3.08. The molecule has 0 aliphatic carbocycles. The molecule has 0 heterocycles. The minimum absolute atomic E-state index is 0.119. The Morgan fingerprint density at radius 3 is 2.40 bits per heavy atom. The van der Waals surface area contributed by atoms with Crippen molar-refractivity contribution in [1.29, 1.82) is 10.5 Å². The highest BCUT2D eigenvalue weighted by Crippen LogP contribution is 2.28. The van der Waals surface area contributed by atoms with Crippen LogP contribution >= 0.6 is 0 Å². The molecule has 0 bridgehead atoms. The molecule has 0 atom stereocenters. The number of hydrogen-bond acceptors (Lipinski definition) is 3. The first-order valence-electron chi connectivity index (χ1n) is 4.33. The molecule has 2 aromatic carbocycles. The van der Waals surface area contributed by atoms with Gasteiger partial charge in [-0.2, -0.15) is 10.5 Å². The van der Waals surface area contributed by atoms with Gasteiger partial charge in [0.1, 0.15) is 17.9 Å². The maximum atomic E-state index is 9.56. The van der Waals surface area contributed by atoms with Gasteiger partial charge in [-0.3, -0.25) is 0 Å². The van der Waals surface area contributed by atoms with Crippen LogP contribution in [0.5, 0.6) is 5.75 Å². The van der Waals surface area contributed by atoms with E-state index < -0.39 is 0 Å². The molecule has 2 rings (SSSR count). The second kappa shape index (κ2) is 3.32. The van der Waals surface area contributed by atoms with Crippen LogP contribution in [0.1, 0.15) is 11.1 Å². The topological polar surface area (TPSA) is 67.8 Å². The molecule has 0 saturated heterocycles. The van der Waals surface area contributed by atoms with E-state index in [1.165, 1.54) is 0 Å². The summed E-state index contributed by atoms with van der Waals surface area (Å²) in [5, 5.41) is 28.5. The summed E-state index contributed by atoms with van der Waals surface area (Å²) >= 11 is 0. The summed E-state index contributed by atoms with van der Waals surface area (Å²) in [4.78, 5) is 0. The van der Waals surface area contributed by atoms with Gasteiger partial charge in [0.25, 0.3) is 0 Å². The molecule has 0 aliphatic heterocycles. The highest BCUT2D eigenvalue weighted by Gasteiger charge is 2.08. The lowest BCUT2D eigenvalue weighted by Crippen LogP contribution is -1.86. The van der Waals surface area contributed by atoms with Crippen molar-refractivity contribution in [2.45, 2.75) is 0 Å². The molecule has 0 aliphatic rings. The number of phenols is 1. The van der Waals surface area contributed by atoms with Crippen molar-refractivity contribution < 1.29 is 5.11 Å². The van der Waals surface area contributed by atoms with Crippen molar-refractivity contribution in [3.63, 3.8) is 0 Å². The highest BCUT2D eigenvalue weighted by atomic mass is 16.3. The molecule has 0 aromatic heterocycles. The summed E-state index contributed by atoms with van der Waals surface area (Å²) in [5.41, 5.74) is 0.640. The molecule has 0 fully saturated rings. The average molecular weight is 194 g/mol. The summed E-state index contributed by atoms with van der Waals surface area (Å²) < 4.78 is 0. The Labute approximate surface area is 86.4 Å². The first kappa shape index (κ1) is 9.05. The van der Waals surface area contributed by atoms with Crippen LogP contribution in [0.4, 0.5) is 0 Å². The Bertz CT molecular complexity index is 618. The number of phenolic OH excluding ortho intramolecular Hbond substituents is 1. The predicted molar refractivity (Wildman–Crippen MR) is 55.0 cm³/mol. The molecular formula is C12H6N2O. The summed E-state index contributed by atoms with van der Waals surface area (Å²) in [6.07, 6.45) is 0. The Balaban J connectivity index is 2.98. The van der Waals surface area contributed by atoms with E-state index >= 15 is 0 Å². The summed E-state index contributed by atoms with van der Waals surface area (Å²) in [6, 6.07) is 12.0. The van der Waals surface area contributed by atoms with E-state index in [1.54, 1.807) is 30.3 Å². The minimum atomic E-state index is 0.119. The first-order chi connectivity index (χ1) is 7.27. The second-order valence-electron chi connectivity index (χ2n) is 3.08. The molecule has 3 heteroatoms. The molecule has 0 amide bonds. The summed E-state index contributed by atoms with van der Waals surface area (Å²) in [6.45, 7) is 0. The monoisotopic (exact) mass is 194 g/mol. The molecule has 70 valence electrons. The maximum absolute atomic E-state index is 9.56. The molecular weight excluding hydrogens is 188 g/mol. The maximum Gasteiger partial charge on any atom is 0.123 e. The van der Waals surface area contributed by atoms with Crippen LogP contribution in [-0.2, 0) is 0 Å². The molecule has 0 radical (unpaired) electrons. The fourth-order valence-corrected chi connectivity index (χ4v) is 1.55. The van der Waals surface area contributed by atoms with Crippen LogP contribution in [0.25, 0.3) is 10.8 Å². The first-order valence-corrected chi connectivity index (χ1v) is 4.33. The van der Waals surface area contributed by atoms with Gasteiger partial charge in [0.2, 0.25) is 0 Å². The molecule has 0 saturated carbocycles. The SMILES string of the molecule is N#Cc1ccc2c(O)cccc2c1C#N. The predicted octanol–water partition coefficient (Wildman–Crippen LogP) is 2.29. The number of aromatic hydroxyl groups is 1. The molecule has 0 spiro atoms. The van der Waals surface area contributed by atoms with Gasteiger partial charge in [-0.25, -0.2) is 0 Å². The molecule has 0 unspecified atom stereocenters. The quantitative estimate of drug-likeness (QED) is 0.699. The van der Waals surface area contributed by atoms with Crippen LogP contribution in [0.3, 0.4) is 0 Å². The zero-order valence-electron chi connectivity index (χ0n) is 7.73. The van der Waals surface area contributed by atoms with Gasteiger partial charge in [-0.1, -0.05) is 12.1 Å². The third-order valence-corrected chi connectivity index (χ3v) is 2.27. The van der Waals surface area contributed by atoms with Crippen LogP contribution in [0.2, 0.25) is 0 Å². The molecule has 15 heavy (non-hydrogen) atoms. The minimum Gasteiger partial charge on any atom is -0.507 e. The van der Waals surface area contributed by atoms with Crippen molar-refractivity contribution in [3.8, 4) is 17.9 Å². The van der Waals surface area contributed by atoms with E-state index in [4.69, 9.17) is 10.5 Å². The van der Waals surface area contributed by atoms with Crippen molar-refractivity contribution in [2.24, 2.45) is 0 Å². The van der Waals surface area contributed by atoms with E-state index in [1.807, 2.05) is 12.1 Å². The summed E-state index contributed by atoms with van der Waals surface area (Å²) in [5.74, 6) is 0.119. The van der Waals surface area contributed by atoms with E-state index in [0.717, 1.165) is 0 Å². The fraction of sp³-hybridized carbons (Fsp3) is 0. The largest absolute Gasteiger partial charge is 0.507 e. The third kappa shape index (κ3) is 1.27. The van der Waals surface area contributed by atoms with E-state index in [2.05, 4.69) is 0 Å². The standard InChI is InChI=1S/C12H6N2O/c13-6-8-4-5-10-9(11(8)7-14)2-1-3-12(10)15/h1-5,15H. The van der Waals surface area contributed by atoms with Gasteiger partial charge < -0.3 is 5.11 Å². The normalized spacial score (nSPS) is 9.47. The van der Waals surface area contributed by atoms with Crippen LogP contribution < -0.4 is 0 Å². The van der Waals surface area contributed by atoms with E-state index in [0.29, 0.717) is 21.9 Å². The molecule has 2 aromatic rings. The van der Waals surface area contributed by atoms with Crippen molar-refractivity contribution in [1.82, 2.24) is 0 Å². The zero-order valence-corrected chi connectivity index (χ0v) is 7.73. The molecule has 1 N–H and O–H groups in total. The average Bonchev–Trinajstić information content (AvgIpc) is 2.28. The van der Waals surface area contributed by atoms with E-state index in [-0.39, 0.29) is 5.75 Å². The van der Waals surface area contributed by atoms with Gasteiger partial charge >= 0.3 is 0 Å². The number of benzene rings is 2. The third-order valence-electron chi connectivity index (χ3n) is 2.27. The van der Waals surface area contributed by atoms with Crippen LogP contribution in [-0.4, -0.2) is 5.11 Å².